The van der Waals surface area contributed by atoms with Crippen molar-refractivity contribution in [1.29, 1.82) is 5.41 Å². The van der Waals surface area contributed by atoms with Gasteiger partial charge in [0.2, 0.25) is 0 Å². The summed E-state index contributed by atoms with van der Waals surface area (Å²) in [6.45, 7) is 3.24. The first-order valence-corrected chi connectivity index (χ1v) is 17.7. The molecular weight excluding hydrogens is 639 g/mol. The van der Waals surface area contributed by atoms with Gasteiger partial charge in [0.25, 0.3) is 5.96 Å². The number of rotatable bonds is 15. The minimum Gasteiger partial charge on any atom is -0.338 e. The maximum atomic E-state index is 7.04. The average Bonchev–Trinajstić information content (AvgIpc) is 3.03. The Morgan fingerprint density at radius 3 is 1.04 bits per heavy atom. The molecule has 0 saturated carbocycles. The van der Waals surface area contributed by atoms with Crippen molar-refractivity contribution in [3.05, 3.63) is 117 Å². The lowest BCUT2D eigenvalue weighted by Crippen LogP contribution is -2.90. The van der Waals surface area contributed by atoms with E-state index in [0.717, 1.165) is 28.4 Å². The molecule has 0 spiro atoms. The topological polar surface area (TPSA) is 66.5 Å². The molecule has 4 aromatic rings. The molecule has 240 valence electrons. The fraction of sp³-hybridized carbons (Fsp3) is 0.324. The molecule has 0 aliphatic rings. The summed E-state index contributed by atoms with van der Waals surface area (Å²) in [4.78, 5) is 0. The molecule has 0 aromatic heterocycles. The van der Waals surface area contributed by atoms with Crippen LogP contribution in [-0.4, -0.2) is 18.7 Å². The van der Waals surface area contributed by atoms with Crippen LogP contribution in [0.2, 0.25) is 20.1 Å². The first-order valence-electron chi connectivity index (χ1n) is 16.1. The minimum absolute atomic E-state index is 0.218. The molecular formula is C37H46BCl4N3. The molecule has 5 N–H and O–H groups in total. The zero-order valence-corrected chi connectivity index (χ0v) is 29.3. The highest BCUT2D eigenvalue weighted by Gasteiger charge is 2.31. The Hall–Kier alpha value is -2.47. The number of hydrogen-bond acceptors (Lipinski definition) is 1. The second kappa shape index (κ2) is 19.9. The second-order valence-electron chi connectivity index (χ2n) is 11.7. The second-order valence-corrected chi connectivity index (χ2v) is 13.4. The van der Waals surface area contributed by atoms with Crippen molar-refractivity contribution in [1.82, 2.24) is 0 Å². The number of nitrogens with two attached hydrogens (primary N) is 2. The standard InChI is InChI=1S/C24H16BCl4.C13H29N3/c26-21-9-1-17(2-10-21)25(18-3-11-22(27)12-4-18,19-5-13-23(28)14-6-19)20-7-15-24(29)16-8-20;1-2-3-4-5-6-7-8-9-10-11-12-16-13(14)15/h1-16H;2-12H2,1H3,(H4,14,15,16)/q-1;/p+1. The van der Waals surface area contributed by atoms with E-state index in [2.05, 4.69) is 55.5 Å². The lowest BCUT2D eigenvalue weighted by Gasteiger charge is -2.44. The number of nitrogens with one attached hydrogen (secondary N) is 1. The maximum Gasteiger partial charge on any atom is 0.288 e. The Bertz CT molecular complexity index is 1220. The zero-order chi connectivity index (χ0) is 32.5. The predicted molar refractivity (Wildman–Crippen MR) is 201 cm³/mol. The van der Waals surface area contributed by atoms with Crippen molar-refractivity contribution in [2.75, 3.05) is 6.54 Å². The Kier molecular flexibility index (Phi) is 16.4. The molecule has 45 heavy (non-hydrogen) atoms. The summed E-state index contributed by atoms with van der Waals surface area (Å²) in [5.74, 6) is 0.218. The van der Waals surface area contributed by atoms with Crippen LogP contribution in [0.4, 0.5) is 0 Å². The van der Waals surface area contributed by atoms with Gasteiger partial charge in [-0.2, -0.15) is 21.9 Å². The fourth-order valence-corrected chi connectivity index (χ4v) is 6.55. The first-order chi connectivity index (χ1) is 21.8. The molecule has 0 heterocycles. The van der Waals surface area contributed by atoms with E-state index < -0.39 is 6.15 Å². The van der Waals surface area contributed by atoms with Crippen molar-refractivity contribution < 1.29 is 5.32 Å². The molecule has 0 atom stereocenters. The van der Waals surface area contributed by atoms with Crippen LogP contribution in [0.3, 0.4) is 0 Å². The fourth-order valence-electron chi connectivity index (χ4n) is 6.05. The Morgan fingerprint density at radius 1 is 0.511 bits per heavy atom. The largest absolute Gasteiger partial charge is 0.338 e. The van der Waals surface area contributed by atoms with Gasteiger partial charge in [-0.25, -0.2) is 5.41 Å². The first kappa shape index (κ1) is 37.0. The predicted octanol–water partition coefficient (Wildman–Crippen LogP) is 8.04. The Morgan fingerprint density at radius 2 is 0.778 bits per heavy atom. The van der Waals surface area contributed by atoms with Gasteiger partial charge >= 0.3 is 0 Å². The third kappa shape index (κ3) is 11.7. The van der Waals surface area contributed by atoms with Gasteiger partial charge in [-0.3, -0.25) is 5.32 Å². The third-order valence-electron chi connectivity index (χ3n) is 8.40. The Balaban J connectivity index is 0.000000296. The molecule has 0 bridgehead atoms. The molecule has 0 aliphatic carbocycles. The van der Waals surface area contributed by atoms with Crippen LogP contribution >= 0.6 is 46.4 Å². The minimum atomic E-state index is -1.51. The van der Waals surface area contributed by atoms with Crippen LogP contribution in [0.25, 0.3) is 0 Å². The van der Waals surface area contributed by atoms with Gasteiger partial charge in [0.1, 0.15) is 6.15 Å². The summed E-state index contributed by atoms with van der Waals surface area (Å²) in [6, 6.07) is 32.1. The van der Waals surface area contributed by atoms with Gasteiger partial charge in [-0.1, -0.05) is 153 Å². The van der Waals surface area contributed by atoms with Crippen molar-refractivity contribution in [3.63, 3.8) is 0 Å². The molecule has 4 aromatic carbocycles. The molecule has 8 heteroatoms. The van der Waals surface area contributed by atoms with E-state index >= 15 is 0 Å². The van der Waals surface area contributed by atoms with Gasteiger partial charge in [-0.05, 0) is 61.4 Å². The SMILES string of the molecule is CCCCCCCCCCCC[NH2+]C(=N)N.Clc1ccc([B-](c2ccc(Cl)cc2)(c2ccc(Cl)cc2)c2ccc(Cl)cc2)cc1. The van der Waals surface area contributed by atoms with Gasteiger partial charge in [0, 0.05) is 20.1 Å². The lowest BCUT2D eigenvalue weighted by atomic mass is 9.13. The molecule has 0 saturated heterocycles. The Labute approximate surface area is 290 Å². The maximum absolute atomic E-state index is 7.04. The normalized spacial score (nSPS) is 11.1. The van der Waals surface area contributed by atoms with Crippen LogP contribution in [0.15, 0.2) is 97.1 Å². The molecule has 0 radical (unpaired) electrons. The number of benzene rings is 4. The highest BCUT2D eigenvalue weighted by molar-refractivity contribution is 7.19. The number of hydrogen-bond donors (Lipinski definition) is 3. The average molecular weight is 685 g/mol. The molecule has 4 rings (SSSR count). The van der Waals surface area contributed by atoms with Crippen molar-refractivity contribution in [3.8, 4) is 0 Å². The van der Waals surface area contributed by atoms with Crippen LogP contribution in [-0.2, 0) is 0 Å². The van der Waals surface area contributed by atoms with Crippen LogP contribution in [0, 0.1) is 5.41 Å². The van der Waals surface area contributed by atoms with Gasteiger partial charge in [-0.15, -0.1) is 0 Å². The zero-order valence-electron chi connectivity index (χ0n) is 26.3. The van der Waals surface area contributed by atoms with Gasteiger partial charge in [0.05, 0.1) is 6.54 Å². The van der Waals surface area contributed by atoms with E-state index in [9.17, 15) is 0 Å². The molecule has 0 aliphatic heterocycles. The van der Waals surface area contributed by atoms with Crippen LogP contribution < -0.4 is 32.9 Å². The monoisotopic (exact) mass is 683 g/mol. The summed E-state index contributed by atoms with van der Waals surface area (Å²) in [5, 5.41) is 11.6. The summed E-state index contributed by atoms with van der Waals surface area (Å²) in [7, 11) is 0. The van der Waals surface area contributed by atoms with E-state index in [4.69, 9.17) is 57.5 Å². The molecule has 3 nitrogen and oxygen atoms in total. The van der Waals surface area contributed by atoms with E-state index in [1.807, 2.05) is 53.8 Å². The van der Waals surface area contributed by atoms with Crippen LogP contribution in [0.1, 0.15) is 71.1 Å². The summed E-state index contributed by atoms with van der Waals surface area (Å²) < 4.78 is 0. The summed E-state index contributed by atoms with van der Waals surface area (Å²) in [5.41, 5.74) is 9.80. The number of halogens is 4. The van der Waals surface area contributed by atoms with Crippen molar-refractivity contribution in [2.45, 2.75) is 71.1 Å². The smallest absolute Gasteiger partial charge is 0.288 e. The van der Waals surface area contributed by atoms with Gasteiger partial charge < -0.3 is 5.73 Å². The summed E-state index contributed by atoms with van der Waals surface area (Å²) in [6.07, 6.45) is 12.1. The highest BCUT2D eigenvalue weighted by Crippen LogP contribution is 2.17. The molecule has 0 fully saturated rings. The summed E-state index contributed by atoms with van der Waals surface area (Å²) >= 11 is 24.9. The highest BCUT2D eigenvalue weighted by atomic mass is 35.5. The third-order valence-corrected chi connectivity index (χ3v) is 9.41. The van der Waals surface area contributed by atoms with E-state index in [0.29, 0.717) is 20.1 Å². The lowest BCUT2D eigenvalue weighted by molar-refractivity contribution is -0.543. The van der Waals surface area contributed by atoms with E-state index in [-0.39, 0.29) is 5.96 Å². The molecule has 0 amide bonds. The number of quaternary nitrogens is 1. The quantitative estimate of drug-likeness (QED) is 0.0505. The van der Waals surface area contributed by atoms with Crippen LogP contribution in [0.5, 0.6) is 0 Å². The number of unbranched alkanes of at least 4 members (excludes halogenated alkanes) is 9. The van der Waals surface area contributed by atoms with Gasteiger partial charge in [0.15, 0.2) is 0 Å². The van der Waals surface area contributed by atoms with E-state index in [1.165, 1.54) is 64.2 Å². The van der Waals surface area contributed by atoms with Crippen molar-refractivity contribution >= 4 is 80.4 Å². The van der Waals surface area contributed by atoms with E-state index in [1.54, 1.807) is 0 Å². The number of guanidine groups is 1. The van der Waals surface area contributed by atoms with Crippen molar-refractivity contribution in [2.24, 2.45) is 5.73 Å². The molecule has 0 unspecified atom stereocenters.